The average Bonchev–Trinajstić information content (AvgIpc) is 3.37. The molecule has 0 saturated carbocycles. The normalized spacial score (nSPS) is 16.1. The molecule has 0 spiro atoms. The van der Waals surface area contributed by atoms with Crippen LogP contribution in [0.15, 0.2) is 47.1 Å². The van der Waals surface area contributed by atoms with Crippen LogP contribution in [0.25, 0.3) is 10.9 Å². The van der Waals surface area contributed by atoms with Gasteiger partial charge in [-0.25, -0.2) is 0 Å². The first-order valence-corrected chi connectivity index (χ1v) is 10.2. The number of H-pyrrole nitrogens is 1. The molecule has 0 bridgehead atoms. The predicted molar refractivity (Wildman–Crippen MR) is 112 cm³/mol. The highest BCUT2D eigenvalue weighted by atomic mass is 16.3. The summed E-state index contributed by atoms with van der Waals surface area (Å²) in [6.07, 6.45) is 3.70. The van der Waals surface area contributed by atoms with Crippen molar-refractivity contribution < 1.29 is 14.0 Å². The van der Waals surface area contributed by atoms with Gasteiger partial charge in [0.05, 0.1) is 12.7 Å². The average molecular weight is 393 g/mol. The van der Waals surface area contributed by atoms with E-state index in [4.69, 9.17) is 4.42 Å². The minimum absolute atomic E-state index is 0.0423. The molecule has 2 amide bonds. The third-order valence-electron chi connectivity index (χ3n) is 6.06. The summed E-state index contributed by atoms with van der Waals surface area (Å²) in [4.78, 5) is 30.4. The number of carbonyl (C=O) groups is 2. The SMILES string of the molecule is Cc1[nH]c2ccccc2c1CC(=O)N1CCC([C@@H](C)NC(=O)c2ccco2)CC1. The predicted octanol–water partition coefficient (Wildman–Crippen LogP) is 3.67. The third kappa shape index (κ3) is 4.06. The number of likely N-dealkylation sites (tertiary alicyclic amines) is 1. The molecule has 1 fully saturated rings. The van der Waals surface area contributed by atoms with Gasteiger partial charge in [-0.15, -0.1) is 0 Å². The Morgan fingerprint density at radius 3 is 2.69 bits per heavy atom. The van der Waals surface area contributed by atoms with Gasteiger partial charge in [0.25, 0.3) is 5.91 Å². The summed E-state index contributed by atoms with van der Waals surface area (Å²) >= 11 is 0. The van der Waals surface area contributed by atoms with Crippen molar-refractivity contribution in [3.05, 3.63) is 59.7 Å². The number of aryl methyl sites for hydroxylation is 1. The van der Waals surface area contributed by atoms with Crippen LogP contribution in [0.4, 0.5) is 0 Å². The van der Waals surface area contributed by atoms with Crippen LogP contribution in [0.2, 0.25) is 0 Å². The molecule has 1 saturated heterocycles. The fourth-order valence-electron chi connectivity index (χ4n) is 4.28. The monoisotopic (exact) mass is 393 g/mol. The van der Waals surface area contributed by atoms with Gasteiger partial charge in [0.15, 0.2) is 5.76 Å². The number of aromatic nitrogens is 1. The van der Waals surface area contributed by atoms with Crippen molar-refractivity contribution >= 4 is 22.7 Å². The molecule has 29 heavy (non-hydrogen) atoms. The number of nitrogens with one attached hydrogen (secondary N) is 2. The van der Waals surface area contributed by atoms with Crippen molar-refractivity contribution in [2.75, 3.05) is 13.1 Å². The van der Waals surface area contributed by atoms with Crippen LogP contribution >= 0.6 is 0 Å². The van der Waals surface area contributed by atoms with Crippen LogP contribution in [0.1, 0.15) is 41.6 Å². The molecule has 1 atom stereocenters. The van der Waals surface area contributed by atoms with E-state index in [-0.39, 0.29) is 17.9 Å². The summed E-state index contributed by atoms with van der Waals surface area (Å²) in [5, 5.41) is 4.15. The highest BCUT2D eigenvalue weighted by molar-refractivity contribution is 5.91. The van der Waals surface area contributed by atoms with Crippen molar-refractivity contribution in [1.82, 2.24) is 15.2 Å². The molecule has 6 heteroatoms. The van der Waals surface area contributed by atoms with Crippen LogP contribution in [-0.4, -0.2) is 40.8 Å². The van der Waals surface area contributed by atoms with E-state index in [1.54, 1.807) is 12.1 Å². The topological polar surface area (TPSA) is 78.3 Å². The Morgan fingerprint density at radius 2 is 1.97 bits per heavy atom. The van der Waals surface area contributed by atoms with Crippen molar-refractivity contribution in [2.45, 2.75) is 39.2 Å². The highest BCUT2D eigenvalue weighted by Crippen LogP contribution is 2.25. The van der Waals surface area contributed by atoms with Crippen molar-refractivity contribution in [2.24, 2.45) is 5.92 Å². The van der Waals surface area contributed by atoms with Gasteiger partial charge in [0.1, 0.15) is 0 Å². The van der Waals surface area contributed by atoms with Gasteiger partial charge in [-0.1, -0.05) is 18.2 Å². The molecule has 152 valence electrons. The fraction of sp³-hybridized carbons (Fsp3) is 0.391. The first-order chi connectivity index (χ1) is 14.0. The molecule has 0 aliphatic carbocycles. The number of hydrogen-bond donors (Lipinski definition) is 2. The number of rotatable bonds is 5. The van der Waals surface area contributed by atoms with E-state index < -0.39 is 0 Å². The van der Waals surface area contributed by atoms with E-state index in [0.29, 0.717) is 18.1 Å². The zero-order chi connectivity index (χ0) is 20.4. The quantitative estimate of drug-likeness (QED) is 0.694. The second kappa shape index (κ2) is 8.15. The largest absolute Gasteiger partial charge is 0.459 e. The molecule has 3 aromatic rings. The molecule has 3 heterocycles. The zero-order valence-corrected chi connectivity index (χ0v) is 16.9. The Labute approximate surface area is 170 Å². The van der Waals surface area contributed by atoms with Crippen LogP contribution in [0, 0.1) is 12.8 Å². The van der Waals surface area contributed by atoms with E-state index in [1.807, 2.05) is 36.9 Å². The van der Waals surface area contributed by atoms with Gasteiger partial charge in [-0.3, -0.25) is 9.59 Å². The van der Waals surface area contributed by atoms with E-state index >= 15 is 0 Å². The van der Waals surface area contributed by atoms with Gasteiger partial charge >= 0.3 is 0 Å². The van der Waals surface area contributed by atoms with Crippen molar-refractivity contribution in [1.29, 1.82) is 0 Å². The van der Waals surface area contributed by atoms with Crippen LogP contribution in [-0.2, 0) is 11.2 Å². The molecular formula is C23H27N3O3. The number of aromatic amines is 1. The zero-order valence-electron chi connectivity index (χ0n) is 16.9. The second-order valence-electron chi connectivity index (χ2n) is 7.91. The summed E-state index contributed by atoms with van der Waals surface area (Å²) in [6, 6.07) is 11.5. The first kappa shape index (κ1) is 19.3. The Bertz CT molecular complexity index is 998. The van der Waals surface area contributed by atoms with Crippen molar-refractivity contribution in [3.63, 3.8) is 0 Å². The Hall–Kier alpha value is -3.02. The summed E-state index contributed by atoms with van der Waals surface area (Å²) in [5.41, 5.74) is 3.23. The molecule has 6 nitrogen and oxygen atoms in total. The molecule has 0 radical (unpaired) electrons. The lowest BCUT2D eigenvalue weighted by atomic mass is 9.90. The molecule has 2 N–H and O–H groups in total. The number of hydrogen-bond acceptors (Lipinski definition) is 3. The summed E-state index contributed by atoms with van der Waals surface area (Å²) < 4.78 is 5.15. The minimum Gasteiger partial charge on any atom is -0.459 e. The Morgan fingerprint density at radius 1 is 1.21 bits per heavy atom. The van der Waals surface area contributed by atoms with E-state index in [1.165, 1.54) is 6.26 Å². The molecule has 4 rings (SSSR count). The number of piperidine rings is 1. The third-order valence-corrected chi connectivity index (χ3v) is 6.06. The Balaban J connectivity index is 1.32. The summed E-state index contributed by atoms with van der Waals surface area (Å²) in [6.45, 7) is 5.51. The second-order valence-corrected chi connectivity index (χ2v) is 7.91. The van der Waals surface area contributed by atoms with Crippen LogP contribution < -0.4 is 5.32 Å². The smallest absolute Gasteiger partial charge is 0.287 e. The maximum atomic E-state index is 12.9. The fourth-order valence-corrected chi connectivity index (χ4v) is 4.28. The molecule has 1 aliphatic rings. The maximum absolute atomic E-state index is 12.9. The number of benzene rings is 1. The number of fused-ring (bicyclic) bond motifs is 1. The molecule has 2 aromatic heterocycles. The number of furan rings is 1. The van der Waals surface area contributed by atoms with Gasteiger partial charge in [0.2, 0.25) is 5.91 Å². The molecule has 1 aliphatic heterocycles. The number of carbonyl (C=O) groups excluding carboxylic acids is 2. The Kier molecular flexibility index (Phi) is 5.43. The number of para-hydroxylation sites is 1. The van der Waals surface area contributed by atoms with Gasteiger partial charge in [0, 0.05) is 35.7 Å². The number of amides is 2. The molecule has 0 unspecified atom stereocenters. The van der Waals surface area contributed by atoms with Crippen LogP contribution in [0.5, 0.6) is 0 Å². The maximum Gasteiger partial charge on any atom is 0.287 e. The van der Waals surface area contributed by atoms with Gasteiger partial charge < -0.3 is 19.6 Å². The minimum atomic E-state index is -0.184. The van der Waals surface area contributed by atoms with E-state index in [9.17, 15) is 9.59 Å². The summed E-state index contributed by atoms with van der Waals surface area (Å²) in [7, 11) is 0. The van der Waals surface area contributed by atoms with Crippen LogP contribution in [0.3, 0.4) is 0 Å². The first-order valence-electron chi connectivity index (χ1n) is 10.2. The lowest BCUT2D eigenvalue weighted by Crippen LogP contribution is -2.45. The van der Waals surface area contributed by atoms with Crippen molar-refractivity contribution in [3.8, 4) is 0 Å². The lowest BCUT2D eigenvalue weighted by Gasteiger charge is -2.35. The summed E-state index contributed by atoms with van der Waals surface area (Å²) in [5.74, 6) is 0.672. The highest BCUT2D eigenvalue weighted by Gasteiger charge is 2.28. The van der Waals surface area contributed by atoms with E-state index in [0.717, 1.165) is 48.1 Å². The molecular weight excluding hydrogens is 366 g/mol. The standard InChI is InChI=1S/C23H27N3O3/c1-15(25-23(28)21-8-5-13-29-21)17-9-11-26(12-10-17)22(27)14-19-16(2)24-20-7-4-3-6-18(19)20/h3-8,13,15,17,24H,9-12,14H2,1-2H3,(H,25,28)/t15-/m1/s1. The number of nitrogens with zero attached hydrogens (tertiary/aromatic N) is 1. The molecule has 1 aromatic carbocycles. The van der Waals surface area contributed by atoms with Gasteiger partial charge in [-0.05, 0) is 56.4 Å². The lowest BCUT2D eigenvalue weighted by molar-refractivity contribution is -0.132. The van der Waals surface area contributed by atoms with E-state index in [2.05, 4.69) is 16.4 Å². The van der Waals surface area contributed by atoms with Gasteiger partial charge in [-0.2, -0.15) is 0 Å².